The van der Waals surface area contributed by atoms with Gasteiger partial charge in [0.25, 0.3) is 0 Å². The maximum Gasteiger partial charge on any atom is 0.134 e. The summed E-state index contributed by atoms with van der Waals surface area (Å²) >= 11 is 0. The van der Waals surface area contributed by atoms with Crippen molar-refractivity contribution < 1.29 is 4.79 Å². The molecule has 0 bridgehead atoms. The summed E-state index contributed by atoms with van der Waals surface area (Å²) in [5.41, 5.74) is 6.95. The van der Waals surface area contributed by atoms with Crippen LogP contribution >= 0.6 is 0 Å². The van der Waals surface area contributed by atoms with Crippen molar-refractivity contribution >= 4 is 5.78 Å². The van der Waals surface area contributed by atoms with Crippen LogP contribution in [0.4, 0.5) is 0 Å². The molecule has 0 aliphatic carbocycles. The van der Waals surface area contributed by atoms with Gasteiger partial charge in [-0.05, 0) is 12.0 Å². The molecule has 1 atom stereocenters. The van der Waals surface area contributed by atoms with Gasteiger partial charge in [-0.1, -0.05) is 30.3 Å². The van der Waals surface area contributed by atoms with Crippen LogP contribution in [0.5, 0.6) is 0 Å². The predicted octanol–water partition coefficient (Wildman–Crippen LogP) is 2.45. The highest BCUT2D eigenvalue weighted by molar-refractivity contribution is 5.79. The quantitative estimate of drug-likeness (QED) is 0.585. The van der Waals surface area contributed by atoms with E-state index in [0.29, 0.717) is 19.3 Å². The Labute approximate surface area is 96.9 Å². The van der Waals surface area contributed by atoms with Crippen LogP contribution in [0.3, 0.4) is 0 Å². The molecule has 0 saturated carbocycles. The number of terminal acetylenes is 1. The number of Topliss-reactive ketones (excluding diaryl/α,β-unsaturated/α-hetero) is 1. The Hall–Kier alpha value is -1.59. The van der Waals surface area contributed by atoms with Crippen molar-refractivity contribution in [1.82, 2.24) is 0 Å². The Balaban J connectivity index is 2.37. The summed E-state index contributed by atoms with van der Waals surface area (Å²) in [5.74, 6) is 2.71. The molecular weight excluding hydrogens is 198 g/mol. The standard InChI is InChI=1S/C14H17NO/c1-2-3-5-10-13(16)11-14(15)12-8-6-4-7-9-12/h1,4,6-9,14H,3,5,10-11,15H2. The molecule has 1 unspecified atom stereocenters. The SMILES string of the molecule is C#CCCCC(=O)CC(N)c1ccccc1. The molecule has 1 aromatic rings. The van der Waals surface area contributed by atoms with Gasteiger partial charge in [0.2, 0.25) is 0 Å². The summed E-state index contributed by atoms with van der Waals surface area (Å²) < 4.78 is 0. The molecule has 2 nitrogen and oxygen atoms in total. The largest absolute Gasteiger partial charge is 0.324 e. The number of rotatable bonds is 6. The van der Waals surface area contributed by atoms with Crippen molar-refractivity contribution in [3.63, 3.8) is 0 Å². The molecule has 1 rings (SSSR count). The monoisotopic (exact) mass is 215 g/mol. The Morgan fingerprint density at radius 2 is 2.06 bits per heavy atom. The van der Waals surface area contributed by atoms with Crippen LogP contribution in [0.2, 0.25) is 0 Å². The average Bonchev–Trinajstić information content (AvgIpc) is 2.30. The lowest BCUT2D eigenvalue weighted by Gasteiger charge is -2.10. The van der Waals surface area contributed by atoms with Gasteiger partial charge in [0.15, 0.2) is 0 Å². The number of nitrogens with two attached hydrogens (primary N) is 1. The number of hydrogen-bond acceptors (Lipinski definition) is 2. The van der Waals surface area contributed by atoms with E-state index in [1.807, 2.05) is 30.3 Å². The smallest absolute Gasteiger partial charge is 0.134 e. The van der Waals surface area contributed by atoms with Gasteiger partial charge in [-0.2, -0.15) is 0 Å². The first-order chi connectivity index (χ1) is 7.74. The van der Waals surface area contributed by atoms with E-state index in [2.05, 4.69) is 5.92 Å². The van der Waals surface area contributed by atoms with Crippen LogP contribution in [0.25, 0.3) is 0 Å². The topological polar surface area (TPSA) is 43.1 Å². The van der Waals surface area contributed by atoms with Crippen molar-refractivity contribution in [3.8, 4) is 12.3 Å². The van der Waals surface area contributed by atoms with E-state index in [1.165, 1.54) is 0 Å². The van der Waals surface area contributed by atoms with Crippen molar-refractivity contribution in [3.05, 3.63) is 35.9 Å². The molecule has 1 aromatic carbocycles. The molecule has 84 valence electrons. The summed E-state index contributed by atoms with van der Waals surface area (Å²) in [7, 11) is 0. The molecule has 0 aromatic heterocycles. The lowest BCUT2D eigenvalue weighted by molar-refractivity contribution is -0.119. The normalized spacial score (nSPS) is 11.8. The summed E-state index contributed by atoms with van der Waals surface area (Å²) in [6.45, 7) is 0. The van der Waals surface area contributed by atoms with Crippen LogP contribution < -0.4 is 5.73 Å². The number of hydrogen-bond donors (Lipinski definition) is 1. The fourth-order valence-electron chi connectivity index (χ4n) is 1.55. The second kappa shape index (κ2) is 6.81. The zero-order chi connectivity index (χ0) is 11.8. The molecule has 0 aliphatic rings. The fraction of sp³-hybridized carbons (Fsp3) is 0.357. The van der Waals surface area contributed by atoms with Crippen LogP contribution in [0.1, 0.15) is 37.3 Å². The lowest BCUT2D eigenvalue weighted by Crippen LogP contribution is -2.15. The fourth-order valence-corrected chi connectivity index (χ4v) is 1.55. The first kappa shape index (κ1) is 12.5. The maximum absolute atomic E-state index is 11.6. The van der Waals surface area contributed by atoms with Gasteiger partial charge in [-0.3, -0.25) is 4.79 Å². The second-order valence-corrected chi connectivity index (χ2v) is 3.82. The Kier molecular flexibility index (Phi) is 5.31. The van der Waals surface area contributed by atoms with E-state index in [4.69, 9.17) is 12.2 Å². The number of carbonyl (C=O) groups excluding carboxylic acids is 1. The van der Waals surface area contributed by atoms with E-state index in [-0.39, 0.29) is 11.8 Å². The molecule has 16 heavy (non-hydrogen) atoms. The van der Waals surface area contributed by atoms with Crippen LogP contribution in [-0.2, 0) is 4.79 Å². The summed E-state index contributed by atoms with van der Waals surface area (Å²) in [6, 6.07) is 9.49. The minimum absolute atomic E-state index is 0.187. The van der Waals surface area contributed by atoms with Crippen molar-refractivity contribution in [2.45, 2.75) is 31.7 Å². The van der Waals surface area contributed by atoms with Gasteiger partial charge in [0.05, 0.1) is 0 Å². The van der Waals surface area contributed by atoms with Gasteiger partial charge in [0.1, 0.15) is 5.78 Å². The van der Waals surface area contributed by atoms with E-state index in [9.17, 15) is 4.79 Å². The van der Waals surface area contributed by atoms with Crippen LogP contribution in [0.15, 0.2) is 30.3 Å². The number of benzene rings is 1. The third-order valence-electron chi connectivity index (χ3n) is 2.45. The average molecular weight is 215 g/mol. The summed E-state index contributed by atoms with van der Waals surface area (Å²) in [6.07, 6.45) is 7.47. The van der Waals surface area contributed by atoms with Gasteiger partial charge < -0.3 is 5.73 Å². The first-order valence-corrected chi connectivity index (χ1v) is 5.49. The van der Waals surface area contributed by atoms with Gasteiger partial charge in [-0.25, -0.2) is 0 Å². The second-order valence-electron chi connectivity index (χ2n) is 3.82. The van der Waals surface area contributed by atoms with Crippen LogP contribution in [0, 0.1) is 12.3 Å². The highest BCUT2D eigenvalue weighted by Gasteiger charge is 2.10. The minimum Gasteiger partial charge on any atom is -0.324 e. The third kappa shape index (κ3) is 4.29. The molecule has 0 amide bonds. The molecule has 0 spiro atoms. The Bertz CT molecular complexity index is 364. The molecule has 0 fully saturated rings. The van der Waals surface area contributed by atoms with Crippen molar-refractivity contribution in [1.29, 1.82) is 0 Å². The summed E-state index contributed by atoms with van der Waals surface area (Å²) in [5, 5.41) is 0. The molecule has 2 heteroatoms. The maximum atomic E-state index is 11.6. The highest BCUT2D eigenvalue weighted by Crippen LogP contribution is 2.15. The number of carbonyl (C=O) groups is 1. The Morgan fingerprint density at radius 3 is 2.69 bits per heavy atom. The molecule has 2 N–H and O–H groups in total. The predicted molar refractivity (Wildman–Crippen MR) is 65.7 cm³/mol. The van der Waals surface area contributed by atoms with Gasteiger partial charge >= 0.3 is 0 Å². The molecule has 0 radical (unpaired) electrons. The summed E-state index contributed by atoms with van der Waals surface area (Å²) in [4.78, 5) is 11.6. The van der Waals surface area contributed by atoms with Gasteiger partial charge in [0, 0.05) is 25.3 Å². The molecular formula is C14H17NO. The Morgan fingerprint density at radius 1 is 1.38 bits per heavy atom. The van der Waals surface area contributed by atoms with E-state index in [1.54, 1.807) is 0 Å². The van der Waals surface area contributed by atoms with Crippen molar-refractivity contribution in [2.75, 3.05) is 0 Å². The molecule has 0 aliphatic heterocycles. The zero-order valence-electron chi connectivity index (χ0n) is 9.36. The minimum atomic E-state index is -0.195. The number of unbranched alkanes of at least 4 members (excludes halogenated alkanes) is 1. The van der Waals surface area contributed by atoms with Gasteiger partial charge in [-0.15, -0.1) is 12.3 Å². The van der Waals surface area contributed by atoms with E-state index < -0.39 is 0 Å². The first-order valence-electron chi connectivity index (χ1n) is 5.49. The highest BCUT2D eigenvalue weighted by atomic mass is 16.1. The van der Waals surface area contributed by atoms with Crippen LogP contribution in [-0.4, -0.2) is 5.78 Å². The van der Waals surface area contributed by atoms with E-state index >= 15 is 0 Å². The zero-order valence-corrected chi connectivity index (χ0v) is 9.36. The van der Waals surface area contributed by atoms with E-state index in [0.717, 1.165) is 12.0 Å². The molecule has 0 heterocycles. The lowest BCUT2D eigenvalue weighted by atomic mass is 10.00. The third-order valence-corrected chi connectivity index (χ3v) is 2.45. The number of ketones is 1. The molecule has 0 saturated heterocycles. The van der Waals surface area contributed by atoms with Crippen molar-refractivity contribution in [2.24, 2.45) is 5.73 Å².